The van der Waals surface area contributed by atoms with E-state index in [1.165, 1.54) is 5.56 Å². The normalized spacial score (nSPS) is 15.8. The molecule has 0 aromatic heterocycles. The van der Waals surface area contributed by atoms with Gasteiger partial charge in [0.05, 0.1) is 11.6 Å². The molecule has 1 heterocycles. The summed E-state index contributed by atoms with van der Waals surface area (Å²) >= 11 is 0. The monoisotopic (exact) mass is 400 g/mol. The molecule has 5 nitrogen and oxygen atoms in total. The molecule has 1 fully saturated rings. The fourth-order valence-electron chi connectivity index (χ4n) is 3.52. The van der Waals surface area contributed by atoms with Crippen molar-refractivity contribution in [1.29, 1.82) is 0 Å². The van der Waals surface area contributed by atoms with Crippen LogP contribution in [0.1, 0.15) is 17.5 Å². The van der Waals surface area contributed by atoms with Crippen LogP contribution in [0.2, 0.25) is 0 Å². The van der Waals surface area contributed by atoms with Gasteiger partial charge in [0.2, 0.25) is 11.8 Å². The van der Waals surface area contributed by atoms with Crippen LogP contribution in [-0.4, -0.2) is 23.3 Å². The molecular weight excluding hydrogens is 376 g/mol. The van der Waals surface area contributed by atoms with Crippen molar-refractivity contribution in [2.45, 2.75) is 19.9 Å². The van der Waals surface area contributed by atoms with Crippen molar-refractivity contribution in [3.63, 3.8) is 0 Å². The first-order valence-corrected chi connectivity index (χ1v) is 10.0. The molecule has 1 saturated heterocycles. The molecule has 2 amide bonds. The van der Waals surface area contributed by atoms with Crippen LogP contribution >= 0.6 is 0 Å². The number of ether oxygens (including phenoxy) is 1. The van der Waals surface area contributed by atoms with Gasteiger partial charge in [-0.2, -0.15) is 0 Å². The van der Waals surface area contributed by atoms with Gasteiger partial charge in [0.15, 0.2) is 5.75 Å². The van der Waals surface area contributed by atoms with E-state index in [2.05, 4.69) is 5.32 Å². The van der Waals surface area contributed by atoms with Gasteiger partial charge in [0, 0.05) is 19.5 Å². The Labute approximate surface area is 176 Å². The van der Waals surface area contributed by atoms with Gasteiger partial charge in [0.25, 0.3) is 0 Å². The standard InChI is InChI=1S/C25H24N2O3/c1-18-11-13-19(14-12-18)16-27-17-20(15-24(27)28)25(29)26-22-9-5-6-10-23(22)30-21-7-3-2-4-8-21/h2-14,20H,15-17H2,1H3,(H,26,29). The van der Waals surface area contributed by atoms with E-state index in [9.17, 15) is 9.59 Å². The molecule has 5 heteroatoms. The predicted octanol–water partition coefficient (Wildman–Crippen LogP) is 4.77. The second kappa shape index (κ2) is 8.82. The summed E-state index contributed by atoms with van der Waals surface area (Å²) in [5, 5.41) is 2.94. The first-order chi connectivity index (χ1) is 14.6. The number of rotatable bonds is 6. The first kappa shape index (κ1) is 19.7. The molecule has 0 saturated carbocycles. The topological polar surface area (TPSA) is 58.6 Å². The number of carbonyl (C=O) groups excluding carboxylic acids is 2. The Morgan fingerprint density at radius 2 is 1.70 bits per heavy atom. The molecule has 0 aliphatic carbocycles. The van der Waals surface area contributed by atoms with Crippen LogP contribution in [0.15, 0.2) is 78.9 Å². The largest absolute Gasteiger partial charge is 0.455 e. The highest BCUT2D eigenvalue weighted by Gasteiger charge is 2.34. The third kappa shape index (κ3) is 4.69. The van der Waals surface area contributed by atoms with Gasteiger partial charge >= 0.3 is 0 Å². The molecule has 0 radical (unpaired) electrons. The minimum Gasteiger partial charge on any atom is -0.455 e. The third-order valence-electron chi connectivity index (χ3n) is 5.20. The van der Waals surface area contributed by atoms with E-state index in [0.29, 0.717) is 30.3 Å². The van der Waals surface area contributed by atoms with Gasteiger partial charge < -0.3 is 15.0 Å². The van der Waals surface area contributed by atoms with Crippen LogP contribution < -0.4 is 10.1 Å². The number of nitrogens with one attached hydrogen (secondary N) is 1. The summed E-state index contributed by atoms with van der Waals surface area (Å²) in [5.74, 6) is 0.716. The highest BCUT2D eigenvalue weighted by molar-refractivity contribution is 5.98. The van der Waals surface area contributed by atoms with E-state index < -0.39 is 0 Å². The Kier molecular flexibility index (Phi) is 5.80. The summed E-state index contributed by atoms with van der Waals surface area (Å²) in [6, 6.07) is 24.8. The number of carbonyl (C=O) groups is 2. The van der Waals surface area contributed by atoms with E-state index in [1.807, 2.05) is 79.7 Å². The molecule has 1 N–H and O–H groups in total. The fraction of sp³-hybridized carbons (Fsp3) is 0.200. The van der Waals surface area contributed by atoms with Crippen molar-refractivity contribution in [2.75, 3.05) is 11.9 Å². The lowest BCUT2D eigenvalue weighted by Crippen LogP contribution is -2.28. The van der Waals surface area contributed by atoms with Crippen LogP contribution in [0, 0.1) is 12.8 Å². The summed E-state index contributed by atoms with van der Waals surface area (Å²) < 4.78 is 5.91. The Morgan fingerprint density at radius 3 is 2.47 bits per heavy atom. The van der Waals surface area contributed by atoms with Crippen molar-refractivity contribution in [1.82, 2.24) is 4.90 Å². The number of anilines is 1. The first-order valence-electron chi connectivity index (χ1n) is 10.0. The van der Waals surface area contributed by atoms with Crippen molar-refractivity contribution < 1.29 is 14.3 Å². The smallest absolute Gasteiger partial charge is 0.229 e. The molecule has 30 heavy (non-hydrogen) atoms. The average Bonchev–Trinajstić information content (AvgIpc) is 3.12. The molecule has 1 atom stereocenters. The SMILES string of the molecule is Cc1ccc(CN2CC(C(=O)Nc3ccccc3Oc3ccccc3)CC2=O)cc1. The van der Waals surface area contributed by atoms with Gasteiger partial charge in [-0.05, 0) is 36.8 Å². The second-order valence-electron chi connectivity index (χ2n) is 7.56. The third-order valence-corrected chi connectivity index (χ3v) is 5.20. The van der Waals surface area contributed by atoms with Gasteiger partial charge in [-0.3, -0.25) is 9.59 Å². The Bertz CT molecular complexity index is 1030. The molecule has 3 aromatic carbocycles. The maximum atomic E-state index is 12.9. The molecule has 0 bridgehead atoms. The molecular formula is C25H24N2O3. The number of hydrogen-bond donors (Lipinski definition) is 1. The summed E-state index contributed by atoms with van der Waals surface area (Å²) in [6.07, 6.45) is 0.222. The van der Waals surface area contributed by atoms with Crippen molar-refractivity contribution >= 4 is 17.5 Å². The molecule has 1 aliphatic heterocycles. The Morgan fingerprint density at radius 1 is 1.00 bits per heavy atom. The van der Waals surface area contributed by atoms with E-state index in [-0.39, 0.29) is 24.2 Å². The Hall–Kier alpha value is -3.60. The average molecular weight is 400 g/mol. The van der Waals surface area contributed by atoms with Crippen LogP contribution in [-0.2, 0) is 16.1 Å². The summed E-state index contributed by atoms with van der Waals surface area (Å²) in [6.45, 7) is 2.97. The molecule has 1 unspecified atom stereocenters. The lowest BCUT2D eigenvalue weighted by Gasteiger charge is -2.17. The summed E-state index contributed by atoms with van der Waals surface area (Å²) in [5.41, 5.74) is 2.84. The summed E-state index contributed by atoms with van der Waals surface area (Å²) in [4.78, 5) is 27.1. The molecule has 3 aromatic rings. The van der Waals surface area contributed by atoms with Crippen LogP contribution in [0.3, 0.4) is 0 Å². The summed E-state index contributed by atoms with van der Waals surface area (Å²) in [7, 11) is 0. The van der Waals surface area contributed by atoms with Gasteiger partial charge in [-0.1, -0.05) is 60.2 Å². The highest BCUT2D eigenvalue weighted by atomic mass is 16.5. The van der Waals surface area contributed by atoms with E-state index in [0.717, 1.165) is 5.56 Å². The maximum absolute atomic E-state index is 12.9. The fourth-order valence-corrected chi connectivity index (χ4v) is 3.52. The van der Waals surface area contributed by atoms with Crippen LogP contribution in [0.5, 0.6) is 11.5 Å². The lowest BCUT2D eigenvalue weighted by molar-refractivity contribution is -0.128. The van der Waals surface area contributed by atoms with Crippen LogP contribution in [0.25, 0.3) is 0 Å². The van der Waals surface area contributed by atoms with E-state index >= 15 is 0 Å². The molecule has 0 spiro atoms. The number of likely N-dealkylation sites (tertiary alicyclic amines) is 1. The minimum absolute atomic E-state index is 0.00421. The van der Waals surface area contributed by atoms with Crippen LogP contribution in [0.4, 0.5) is 5.69 Å². The number of hydrogen-bond acceptors (Lipinski definition) is 3. The van der Waals surface area contributed by atoms with Gasteiger partial charge in [0.1, 0.15) is 5.75 Å². The predicted molar refractivity (Wildman–Crippen MR) is 116 cm³/mol. The number of aryl methyl sites for hydroxylation is 1. The minimum atomic E-state index is -0.382. The zero-order chi connectivity index (χ0) is 20.9. The van der Waals surface area contributed by atoms with E-state index in [4.69, 9.17) is 4.74 Å². The number of amides is 2. The van der Waals surface area contributed by atoms with E-state index in [1.54, 1.807) is 11.0 Å². The number of benzene rings is 3. The zero-order valence-electron chi connectivity index (χ0n) is 16.9. The van der Waals surface area contributed by atoms with Gasteiger partial charge in [-0.15, -0.1) is 0 Å². The van der Waals surface area contributed by atoms with Crippen molar-refractivity contribution in [2.24, 2.45) is 5.92 Å². The zero-order valence-corrected chi connectivity index (χ0v) is 16.9. The highest BCUT2D eigenvalue weighted by Crippen LogP contribution is 2.30. The number of para-hydroxylation sites is 3. The lowest BCUT2D eigenvalue weighted by atomic mass is 10.1. The van der Waals surface area contributed by atoms with Crippen molar-refractivity contribution in [3.8, 4) is 11.5 Å². The molecule has 152 valence electrons. The van der Waals surface area contributed by atoms with Gasteiger partial charge in [-0.25, -0.2) is 0 Å². The Balaban J connectivity index is 1.41. The second-order valence-corrected chi connectivity index (χ2v) is 7.56. The quantitative estimate of drug-likeness (QED) is 0.648. The van der Waals surface area contributed by atoms with Crippen molar-refractivity contribution in [3.05, 3.63) is 90.0 Å². The maximum Gasteiger partial charge on any atom is 0.229 e. The molecule has 4 rings (SSSR count). The molecule has 1 aliphatic rings. The number of nitrogens with zero attached hydrogens (tertiary/aromatic N) is 1.